The lowest BCUT2D eigenvalue weighted by Crippen LogP contribution is -2.74. The molecular weight excluding hydrogens is 1530 g/mol. The number of para-hydroxylation sites is 2. The highest BCUT2D eigenvalue weighted by Crippen LogP contribution is 2.50. The fourth-order valence-corrected chi connectivity index (χ4v) is 29.9. The van der Waals surface area contributed by atoms with Crippen LogP contribution in [0.3, 0.4) is 0 Å². The van der Waals surface area contributed by atoms with Crippen LogP contribution in [-0.4, -0.2) is 16.1 Å². The lowest BCUT2D eigenvalue weighted by atomic mass is 9.81. The Hall–Kier alpha value is -14.9. The minimum Gasteiger partial charge on any atom is -0.456 e. The number of hydrogen-bond donors (Lipinski definition) is 0. The molecule has 0 aliphatic rings. The number of nitrogens with zero attached hydrogens (tertiary/aromatic N) is 2. The zero-order valence-corrected chi connectivity index (χ0v) is 71.6. The maximum absolute atomic E-state index is 6.66. The van der Waals surface area contributed by atoms with Gasteiger partial charge in [0.2, 0.25) is 0 Å². The fraction of sp³-hybridized carbons (Fsp3) is 0.0508. The Balaban J connectivity index is 0.633. The molecule has 20 aromatic carbocycles. The number of hydrogen-bond acceptors (Lipinski definition) is 4. The number of benzene rings is 20. The van der Waals surface area contributed by atoms with Gasteiger partial charge in [-0.1, -0.05) is 367 Å². The van der Waals surface area contributed by atoms with Gasteiger partial charge in [-0.25, -0.2) is 0 Å². The zero-order chi connectivity index (χ0) is 83.0. The molecule has 124 heavy (non-hydrogen) atoms. The molecule has 0 N–H and O–H groups in total. The lowest BCUT2D eigenvalue weighted by Gasteiger charge is -2.34. The highest BCUT2D eigenvalue weighted by Gasteiger charge is 2.43. The number of fused-ring (bicyclic) bond motifs is 6. The van der Waals surface area contributed by atoms with Gasteiger partial charge in [-0.15, -0.1) is 0 Å². The first kappa shape index (κ1) is 75.3. The van der Waals surface area contributed by atoms with Crippen LogP contribution in [0.1, 0.15) is 50.7 Å². The predicted octanol–water partition coefficient (Wildman–Crippen LogP) is 27.0. The minimum atomic E-state index is -2.79. The Bertz CT molecular complexity index is 7030. The smallest absolute Gasteiger partial charge is 0.179 e. The van der Waals surface area contributed by atoms with E-state index in [2.05, 4.69) is 474 Å². The first-order valence-electron chi connectivity index (χ1n) is 43.3. The van der Waals surface area contributed by atoms with Gasteiger partial charge in [0.05, 0.1) is 0 Å². The van der Waals surface area contributed by atoms with Crippen LogP contribution < -0.4 is 51.3 Å². The molecule has 590 valence electrons. The fourth-order valence-electron chi connectivity index (χ4n) is 20.3. The van der Waals surface area contributed by atoms with Crippen LogP contribution in [0.4, 0.5) is 34.1 Å². The summed E-state index contributed by atoms with van der Waals surface area (Å²) >= 11 is 0. The molecule has 0 aliphatic heterocycles. The quantitative estimate of drug-likeness (QED) is 0.0433. The van der Waals surface area contributed by atoms with Gasteiger partial charge in [0, 0.05) is 67.8 Å². The van der Waals surface area contributed by atoms with E-state index in [-0.39, 0.29) is 11.8 Å². The molecule has 0 bridgehead atoms. The lowest BCUT2D eigenvalue weighted by molar-refractivity contribution is 0.668. The molecule has 0 spiro atoms. The standard InChI is InChI=1S/C118H88N2O2Si2/c1-79(2)109-77-111(83-53-61-89(62-54-83)119(91-65-67-103-101-45-23-25-47-113(101)121-115(103)75-91)87-57-49-81(50-58-87)85-29-27-43-99(73-85)123(93-31-11-5-12-32-93,94-33-13-6-14-34-94)95-35-15-7-16-36-95)107-72-70-106-110(80(3)4)78-112(108-71-69-105(109)117(107)118(106)108)84-55-63-90(64-56-84)120(92-66-68-104-102-46-24-26-48-114(102)122-116(104)76-92)88-59-51-82(52-60-88)86-30-28-44-100(74-86)124(96-37-17-8-18-38-96,97-39-19-9-20-40-97)98-41-21-10-22-42-98/h5-80H,1-4H3. The monoisotopic (exact) mass is 1620 g/mol. The van der Waals surface area contributed by atoms with E-state index in [0.29, 0.717) is 0 Å². The second-order valence-corrected chi connectivity index (χ2v) is 41.3. The minimum absolute atomic E-state index is 0.249. The Morgan fingerprint density at radius 1 is 0.185 bits per heavy atom. The van der Waals surface area contributed by atoms with E-state index in [9.17, 15) is 0 Å². The Labute approximate surface area is 725 Å². The second-order valence-electron chi connectivity index (χ2n) is 33.7. The van der Waals surface area contributed by atoms with Crippen LogP contribution in [0.2, 0.25) is 0 Å². The van der Waals surface area contributed by atoms with Crippen molar-refractivity contribution < 1.29 is 8.83 Å². The van der Waals surface area contributed by atoms with Crippen molar-refractivity contribution in [3.8, 4) is 44.5 Å². The number of rotatable bonds is 20. The average molecular weight is 1620 g/mol. The maximum atomic E-state index is 6.66. The van der Waals surface area contributed by atoms with Gasteiger partial charge in [-0.2, -0.15) is 0 Å². The van der Waals surface area contributed by atoms with E-state index in [1.54, 1.807) is 0 Å². The van der Waals surface area contributed by atoms with Gasteiger partial charge in [0.1, 0.15) is 22.3 Å². The normalized spacial score (nSPS) is 12.0. The van der Waals surface area contributed by atoms with Crippen molar-refractivity contribution in [3.63, 3.8) is 0 Å². The molecule has 4 nitrogen and oxygen atoms in total. The molecule has 6 heteroatoms. The largest absolute Gasteiger partial charge is 0.456 e. The summed E-state index contributed by atoms with van der Waals surface area (Å²) in [5.41, 5.74) is 21.7. The molecule has 0 radical (unpaired) electrons. The third-order valence-electron chi connectivity index (χ3n) is 26.1. The van der Waals surface area contributed by atoms with Crippen molar-refractivity contribution in [2.24, 2.45) is 0 Å². The summed E-state index contributed by atoms with van der Waals surface area (Å²) in [6, 6.07) is 167. The Morgan fingerprint density at radius 2 is 0.444 bits per heavy atom. The second kappa shape index (κ2) is 31.3. The van der Waals surface area contributed by atoms with Crippen molar-refractivity contribution in [1.82, 2.24) is 0 Å². The summed E-state index contributed by atoms with van der Waals surface area (Å²) in [6.07, 6.45) is 0. The van der Waals surface area contributed by atoms with Crippen LogP contribution in [0.25, 0.3) is 121 Å². The number of furan rings is 2. The molecule has 0 amide bonds. The summed E-state index contributed by atoms with van der Waals surface area (Å²) in [5.74, 6) is 0.498. The molecule has 2 aromatic heterocycles. The molecule has 2 heterocycles. The van der Waals surface area contributed by atoms with Gasteiger partial charge in [-0.3, -0.25) is 0 Å². The van der Waals surface area contributed by atoms with E-state index in [1.165, 1.54) is 107 Å². The van der Waals surface area contributed by atoms with Crippen LogP contribution in [0, 0.1) is 0 Å². The molecule has 0 aliphatic carbocycles. The van der Waals surface area contributed by atoms with Crippen LogP contribution in [0.15, 0.2) is 458 Å². The predicted molar refractivity (Wildman–Crippen MR) is 531 cm³/mol. The first-order valence-corrected chi connectivity index (χ1v) is 47.3. The van der Waals surface area contributed by atoms with E-state index < -0.39 is 16.1 Å². The van der Waals surface area contributed by atoms with Crippen molar-refractivity contribution in [1.29, 1.82) is 0 Å². The number of anilines is 6. The van der Waals surface area contributed by atoms with E-state index in [0.717, 1.165) is 100 Å². The zero-order valence-electron chi connectivity index (χ0n) is 69.6. The van der Waals surface area contributed by atoms with E-state index in [4.69, 9.17) is 8.83 Å². The van der Waals surface area contributed by atoms with Gasteiger partial charge < -0.3 is 18.6 Å². The molecule has 0 saturated heterocycles. The van der Waals surface area contributed by atoms with Crippen molar-refractivity contribution >= 4 is 168 Å². The first-order chi connectivity index (χ1) is 61.1. The third kappa shape index (κ3) is 12.8. The summed E-state index contributed by atoms with van der Waals surface area (Å²) in [4.78, 5) is 4.76. The van der Waals surface area contributed by atoms with Gasteiger partial charge >= 0.3 is 0 Å². The molecule has 22 aromatic rings. The Morgan fingerprint density at radius 3 is 0.758 bits per heavy atom. The summed E-state index contributed by atoms with van der Waals surface area (Å²) in [7, 11) is -5.57. The van der Waals surface area contributed by atoms with Gasteiger partial charge in [-0.05, 0) is 238 Å². The topological polar surface area (TPSA) is 32.8 Å². The van der Waals surface area contributed by atoms with Crippen molar-refractivity contribution in [2.75, 3.05) is 9.80 Å². The summed E-state index contributed by atoms with van der Waals surface area (Å²) in [6.45, 7) is 9.39. The highest BCUT2D eigenvalue weighted by molar-refractivity contribution is 7.20. The van der Waals surface area contributed by atoms with Crippen LogP contribution in [0.5, 0.6) is 0 Å². The van der Waals surface area contributed by atoms with Gasteiger partial charge in [0.15, 0.2) is 16.1 Å². The van der Waals surface area contributed by atoms with Crippen LogP contribution >= 0.6 is 0 Å². The highest BCUT2D eigenvalue weighted by atomic mass is 28.3. The third-order valence-corrected chi connectivity index (χ3v) is 35.6. The SMILES string of the molecule is CC(C)c1cc(-c2ccc(N(c3ccc(-c4cccc([Si](c5ccccc5)(c5ccccc5)c5ccccc5)c4)cc3)c3ccc4c(c3)oc3ccccc34)cc2)c2ccc3c(C(C)C)cc(-c4ccc(N(c5ccc(-c6cccc([Si](c7ccccc7)(c7ccccc7)c7ccccc7)c6)cc5)c5ccc6c(c5)oc5ccccc56)cc4)c4ccc1c2c43. The maximum Gasteiger partial charge on any atom is 0.179 e. The Kier molecular flexibility index (Phi) is 19.0. The van der Waals surface area contributed by atoms with Crippen molar-refractivity contribution in [2.45, 2.75) is 39.5 Å². The van der Waals surface area contributed by atoms with Crippen molar-refractivity contribution in [3.05, 3.63) is 460 Å². The van der Waals surface area contributed by atoms with E-state index in [1.807, 2.05) is 12.1 Å². The summed E-state index contributed by atoms with van der Waals surface area (Å²) in [5, 5.41) is 22.9. The molecule has 0 saturated carbocycles. The molecule has 0 unspecified atom stereocenters. The summed E-state index contributed by atoms with van der Waals surface area (Å²) < 4.78 is 13.3. The molecule has 22 rings (SSSR count). The molecule has 0 fully saturated rings. The average Bonchev–Trinajstić information content (AvgIpc) is 0.939. The van der Waals surface area contributed by atoms with E-state index >= 15 is 0 Å². The molecular formula is C118H88N2O2Si2. The van der Waals surface area contributed by atoms with Crippen LogP contribution in [-0.2, 0) is 0 Å². The van der Waals surface area contributed by atoms with Gasteiger partial charge in [0.25, 0.3) is 0 Å². The molecule has 0 atom stereocenters.